The average Bonchev–Trinajstić information content (AvgIpc) is 3.57. The van der Waals surface area contributed by atoms with Gasteiger partial charge >= 0.3 is 5.63 Å². The maximum Gasteiger partial charge on any atom is 0.347 e. The number of ether oxygens (including phenoxy) is 1. The van der Waals surface area contributed by atoms with Gasteiger partial charge in [-0.1, -0.05) is 6.92 Å². The summed E-state index contributed by atoms with van der Waals surface area (Å²) >= 11 is 0. The molecule has 1 N–H and O–H groups in total. The number of halogens is 1. The van der Waals surface area contributed by atoms with Gasteiger partial charge in [0.15, 0.2) is 0 Å². The zero-order valence-electron chi connectivity index (χ0n) is 18.3. The summed E-state index contributed by atoms with van der Waals surface area (Å²) in [6.07, 6.45) is 3.73. The lowest BCUT2D eigenvalue weighted by molar-refractivity contribution is 0.276. The number of aromatic nitrogens is 2. The number of hydrogen-bond donors (Lipinski definition) is 1. The van der Waals surface area contributed by atoms with Crippen LogP contribution in [0.3, 0.4) is 0 Å². The summed E-state index contributed by atoms with van der Waals surface area (Å²) in [5, 5.41) is 3.88. The van der Waals surface area contributed by atoms with E-state index in [-0.39, 0.29) is 18.4 Å². The van der Waals surface area contributed by atoms with Crippen molar-refractivity contribution >= 4 is 16.7 Å². The summed E-state index contributed by atoms with van der Waals surface area (Å²) in [5.41, 5.74) is 1.47. The summed E-state index contributed by atoms with van der Waals surface area (Å²) in [6, 6.07) is 7.68. The molecule has 32 heavy (non-hydrogen) atoms. The Bertz CT molecular complexity index is 1190. The van der Waals surface area contributed by atoms with Crippen molar-refractivity contribution < 1.29 is 13.5 Å². The Morgan fingerprint density at radius 1 is 1.31 bits per heavy atom. The van der Waals surface area contributed by atoms with Crippen LogP contribution in [0.2, 0.25) is 0 Å². The highest BCUT2D eigenvalue weighted by Crippen LogP contribution is 2.33. The third-order valence-corrected chi connectivity index (χ3v) is 6.33. The van der Waals surface area contributed by atoms with Crippen molar-refractivity contribution in [2.45, 2.75) is 38.4 Å². The molecule has 0 radical (unpaired) electrons. The van der Waals surface area contributed by atoms with E-state index in [0.717, 1.165) is 5.56 Å². The van der Waals surface area contributed by atoms with Crippen molar-refractivity contribution in [1.82, 2.24) is 15.3 Å². The van der Waals surface area contributed by atoms with Crippen molar-refractivity contribution in [3.05, 3.63) is 46.4 Å². The number of alkyl halides is 1. The van der Waals surface area contributed by atoms with Gasteiger partial charge in [-0.05, 0) is 43.0 Å². The number of benzene rings is 1. The molecule has 7 nitrogen and oxygen atoms in total. The van der Waals surface area contributed by atoms with E-state index in [4.69, 9.17) is 9.15 Å². The first-order chi connectivity index (χ1) is 15.6. The minimum absolute atomic E-state index is 0.0987. The highest BCUT2D eigenvalue weighted by Gasteiger charge is 2.36. The highest BCUT2D eigenvalue weighted by atomic mass is 19.1. The number of nitrogens with one attached hydrogen (secondary N) is 1. The second kappa shape index (κ2) is 8.50. The normalized spacial score (nSPS) is 20.8. The Morgan fingerprint density at radius 2 is 2.16 bits per heavy atom. The summed E-state index contributed by atoms with van der Waals surface area (Å²) < 4.78 is 25.8. The topological polar surface area (TPSA) is 80.5 Å². The maximum absolute atomic E-state index is 14.8. The molecule has 0 unspecified atom stereocenters. The van der Waals surface area contributed by atoms with Crippen molar-refractivity contribution in [3.8, 4) is 17.2 Å². The number of pyridine rings is 1. The van der Waals surface area contributed by atoms with Crippen LogP contribution < -0.4 is 20.6 Å². The smallest absolute Gasteiger partial charge is 0.347 e. The summed E-state index contributed by atoms with van der Waals surface area (Å²) in [6.45, 7) is 3.44. The van der Waals surface area contributed by atoms with Gasteiger partial charge in [0.05, 0.1) is 30.1 Å². The average molecular weight is 439 g/mol. The fraction of sp³-hybridized carbons (Fsp3) is 0.458. The van der Waals surface area contributed by atoms with Gasteiger partial charge in [-0.2, -0.15) is 0 Å². The molecular formula is C24H27FN4O3. The van der Waals surface area contributed by atoms with Gasteiger partial charge in [-0.3, -0.25) is 0 Å². The SMILES string of the molecule is CCc1cc(OC)cc2nc(-c3cccnc3N3C[C@H](CNC4CC4)[C@H](F)C3)oc(=O)c12. The molecule has 1 aromatic carbocycles. The fourth-order valence-electron chi connectivity index (χ4n) is 4.38. The third kappa shape index (κ3) is 3.95. The Kier molecular flexibility index (Phi) is 5.55. The van der Waals surface area contributed by atoms with Crippen molar-refractivity contribution in [2.75, 3.05) is 31.6 Å². The van der Waals surface area contributed by atoms with Gasteiger partial charge in [-0.15, -0.1) is 0 Å². The molecule has 2 aromatic heterocycles. The first kappa shape index (κ1) is 20.9. The Hall–Kier alpha value is -3.00. The largest absolute Gasteiger partial charge is 0.497 e. The van der Waals surface area contributed by atoms with Crippen molar-refractivity contribution in [1.29, 1.82) is 0 Å². The van der Waals surface area contributed by atoms with Crippen LogP contribution in [0.5, 0.6) is 5.75 Å². The van der Waals surface area contributed by atoms with Crippen LogP contribution in [-0.4, -0.2) is 48.9 Å². The quantitative estimate of drug-likeness (QED) is 0.606. The molecule has 1 aliphatic carbocycles. The van der Waals surface area contributed by atoms with Crippen LogP contribution >= 0.6 is 0 Å². The summed E-state index contributed by atoms with van der Waals surface area (Å²) in [5.74, 6) is 1.29. The van der Waals surface area contributed by atoms with E-state index in [1.165, 1.54) is 12.8 Å². The third-order valence-electron chi connectivity index (χ3n) is 6.33. The second-order valence-corrected chi connectivity index (χ2v) is 8.58. The standard InChI is InChI=1S/C24H27FN4O3/c1-3-14-9-17(31-2)10-20-21(14)24(30)32-23(28-20)18-5-4-8-26-22(18)29-12-15(19(25)13-29)11-27-16-6-7-16/h4-5,8-10,15-16,19,27H,3,6-7,11-13H2,1-2H3/t15-,19+/m0/s1. The number of fused-ring (bicyclic) bond motifs is 1. The van der Waals surface area contributed by atoms with Gasteiger partial charge < -0.3 is 19.4 Å². The molecule has 2 aliphatic rings. The summed E-state index contributed by atoms with van der Waals surface area (Å²) in [7, 11) is 1.58. The lowest BCUT2D eigenvalue weighted by Crippen LogP contribution is -2.30. The molecule has 1 aliphatic heterocycles. The molecule has 5 rings (SSSR count). The number of anilines is 1. The minimum atomic E-state index is -0.941. The van der Waals surface area contributed by atoms with Crippen molar-refractivity contribution in [2.24, 2.45) is 5.92 Å². The van der Waals surface area contributed by atoms with E-state index >= 15 is 0 Å². The van der Waals surface area contributed by atoms with E-state index < -0.39 is 11.8 Å². The van der Waals surface area contributed by atoms with Crippen LogP contribution in [0, 0.1) is 5.92 Å². The van der Waals surface area contributed by atoms with E-state index in [2.05, 4.69) is 15.3 Å². The predicted octanol–water partition coefficient (Wildman–Crippen LogP) is 3.35. The minimum Gasteiger partial charge on any atom is -0.497 e. The molecule has 3 heterocycles. The van der Waals surface area contributed by atoms with Gasteiger partial charge in [-0.25, -0.2) is 19.2 Å². The first-order valence-electron chi connectivity index (χ1n) is 11.2. The van der Waals surface area contributed by atoms with Gasteiger partial charge in [0.2, 0.25) is 5.89 Å². The monoisotopic (exact) mass is 438 g/mol. The van der Waals surface area contributed by atoms with Crippen LogP contribution in [0.25, 0.3) is 22.4 Å². The first-order valence-corrected chi connectivity index (χ1v) is 11.2. The van der Waals surface area contributed by atoms with E-state index in [0.29, 0.717) is 53.6 Å². The van der Waals surface area contributed by atoms with Gasteiger partial charge in [0.25, 0.3) is 0 Å². The molecule has 1 saturated heterocycles. The molecular weight excluding hydrogens is 411 g/mol. The number of hydrogen-bond acceptors (Lipinski definition) is 7. The highest BCUT2D eigenvalue weighted by molar-refractivity contribution is 5.84. The molecule has 1 saturated carbocycles. The Labute approximate surface area is 185 Å². The number of nitrogens with zero attached hydrogens (tertiary/aromatic N) is 3. The molecule has 0 amide bonds. The number of methoxy groups -OCH3 is 1. The molecule has 8 heteroatoms. The fourth-order valence-corrected chi connectivity index (χ4v) is 4.38. The lowest BCUT2D eigenvalue weighted by Gasteiger charge is -2.19. The Morgan fingerprint density at radius 3 is 2.91 bits per heavy atom. The van der Waals surface area contributed by atoms with Gasteiger partial charge in [0, 0.05) is 37.3 Å². The zero-order valence-corrected chi connectivity index (χ0v) is 18.3. The molecule has 2 fully saturated rings. The molecule has 168 valence electrons. The molecule has 0 bridgehead atoms. The molecule has 2 atom stereocenters. The van der Waals surface area contributed by atoms with E-state index in [9.17, 15) is 9.18 Å². The maximum atomic E-state index is 14.8. The van der Waals surface area contributed by atoms with Crippen LogP contribution in [0.1, 0.15) is 25.3 Å². The van der Waals surface area contributed by atoms with Crippen LogP contribution in [0.4, 0.5) is 10.2 Å². The molecule has 3 aromatic rings. The van der Waals surface area contributed by atoms with Crippen LogP contribution in [-0.2, 0) is 6.42 Å². The van der Waals surface area contributed by atoms with Crippen molar-refractivity contribution in [3.63, 3.8) is 0 Å². The van der Waals surface area contributed by atoms with E-state index in [1.54, 1.807) is 25.4 Å². The Balaban J connectivity index is 1.51. The zero-order chi connectivity index (χ0) is 22.2. The van der Waals surface area contributed by atoms with Crippen LogP contribution in [0.15, 0.2) is 39.7 Å². The number of rotatable bonds is 7. The van der Waals surface area contributed by atoms with Gasteiger partial charge in [0.1, 0.15) is 17.7 Å². The molecule has 0 spiro atoms. The van der Waals surface area contributed by atoms with E-state index in [1.807, 2.05) is 24.0 Å². The second-order valence-electron chi connectivity index (χ2n) is 8.58. The summed E-state index contributed by atoms with van der Waals surface area (Å²) in [4.78, 5) is 24.0. The number of aryl methyl sites for hydroxylation is 1. The lowest BCUT2D eigenvalue weighted by atomic mass is 10.1. The predicted molar refractivity (Wildman–Crippen MR) is 121 cm³/mol.